The number of para-hydroxylation sites is 2. The van der Waals surface area contributed by atoms with Gasteiger partial charge in [-0.05, 0) is 41.6 Å². The Morgan fingerprint density at radius 3 is 1.72 bits per heavy atom. The standard InChI is InChI=1S/C44H51N9O11S.2Na/c1-2-9-29-39(59)47-30(20-25-24-45-28-13-7-6-12-27(25)28)40(60)49-32(22-36(55)56)42(62)48-31(21-35(54)53-17-15-52(16-18-53)26-10-4-3-5-11-26)41(61)50-33(23-37(57)58)43(63)51-38(44(64)46-29)34-14-8-19-65-34;;/h3-8,10-14,19,24,29-33,38,45H,2,9,15-18,20-23H2,1H3,(H,46,64)(H,47,59)(H,48,62)(H,49,60)(H,50,61)(H,51,63)(H,55,56)(H,57,58);;/q;2*+1/p-2/t29-,30+,31-,32+,33-,38+;;/m0../s1. The number of H-pyrrole nitrogens is 1. The summed E-state index contributed by atoms with van der Waals surface area (Å²) in [5.74, 6) is -10.6. The molecule has 23 heteroatoms. The Labute approximate surface area is 433 Å². The number of fused-ring (bicyclic) bond motifs is 1. The summed E-state index contributed by atoms with van der Waals surface area (Å²) in [6.45, 7) is 3.00. The fourth-order valence-electron chi connectivity index (χ4n) is 7.71. The van der Waals surface area contributed by atoms with Crippen LogP contribution in [0.25, 0.3) is 10.9 Å². The molecule has 0 aliphatic carbocycles. The van der Waals surface area contributed by atoms with E-state index in [1.54, 1.807) is 48.8 Å². The summed E-state index contributed by atoms with van der Waals surface area (Å²) in [6, 6.07) is 9.61. The Morgan fingerprint density at radius 1 is 0.612 bits per heavy atom. The van der Waals surface area contributed by atoms with Crippen molar-refractivity contribution in [3.63, 3.8) is 0 Å². The van der Waals surface area contributed by atoms with Gasteiger partial charge in [0, 0.05) is 85.0 Å². The number of aliphatic carboxylic acids is 2. The SMILES string of the molecule is CCC[C@@H]1NC(=O)[C@@H](c2cccs2)NC(=O)[C@H](CC(=O)[O-])NC(=O)[C@H](CC(=O)N2CCN(c3ccccc3)CC2)NC(=O)[C@@H](CC(=O)[O-])NC(=O)[C@@H](Cc2c[nH]c3ccccc23)NC1=O.[Na+].[Na+]. The quantitative estimate of drug-likeness (QED) is 0.0652. The maximum atomic E-state index is 14.3. The van der Waals surface area contributed by atoms with Gasteiger partial charge in [0.05, 0.1) is 6.42 Å². The van der Waals surface area contributed by atoms with Crippen molar-refractivity contribution in [2.24, 2.45) is 0 Å². The number of carbonyl (C=O) groups is 9. The van der Waals surface area contributed by atoms with Crippen LogP contribution in [0.1, 0.15) is 55.5 Å². The molecule has 6 rings (SSSR count). The first-order valence-corrected chi connectivity index (χ1v) is 22.0. The maximum Gasteiger partial charge on any atom is 1.00 e. The molecule has 2 aliphatic rings. The van der Waals surface area contributed by atoms with Crippen LogP contribution in [0, 0.1) is 0 Å². The zero-order chi connectivity index (χ0) is 46.6. The first-order valence-electron chi connectivity index (χ1n) is 21.1. The smallest absolute Gasteiger partial charge is 0.550 e. The number of hydrogen-bond acceptors (Lipinski definition) is 13. The fraction of sp³-hybridized carbons (Fsp3) is 0.386. The van der Waals surface area contributed by atoms with Crippen LogP contribution in [0.2, 0.25) is 0 Å². The molecule has 344 valence electrons. The van der Waals surface area contributed by atoms with E-state index in [4.69, 9.17) is 0 Å². The summed E-state index contributed by atoms with van der Waals surface area (Å²) in [7, 11) is 0. The topological polar surface area (TPSA) is 294 Å². The molecule has 2 aliphatic heterocycles. The second kappa shape index (κ2) is 25.7. The van der Waals surface area contributed by atoms with Gasteiger partial charge in [-0.1, -0.05) is 55.8 Å². The third-order valence-electron chi connectivity index (χ3n) is 11.1. The second-order valence-corrected chi connectivity index (χ2v) is 16.7. The van der Waals surface area contributed by atoms with E-state index < -0.39 is 109 Å². The van der Waals surface area contributed by atoms with Crippen molar-refractivity contribution < 1.29 is 112 Å². The average Bonchev–Trinajstić information content (AvgIpc) is 3.97. The third kappa shape index (κ3) is 14.8. The number of carbonyl (C=O) groups excluding carboxylic acids is 9. The van der Waals surface area contributed by atoms with Crippen molar-refractivity contribution in [1.82, 2.24) is 41.8 Å². The largest absolute Gasteiger partial charge is 1.00 e. The van der Waals surface area contributed by atoms with Gasteiger partial charge in [0.1, 0.15) is 36.3 Å². The molecule has 67 heavy (non-hydrogen) atoms. The Hall–Kier alpha value is -5.29. The van der Waals surface area contributed by atoms with Crippen LogP contribution in [0.5, 0.6) is 0 Å². The number of rotatable bonds is 12. The summed E-state index contributed by atoms with van der Waals surface area (Å²) in [5, 5.41) is 41.1. The molecular formula is C44H49N9Na2O11S. The normalized spacial score (nSPS) is 22.2. The molecule has 20 nitrogen and oxygen atoms in total. The molecule has 0 bridgehead atoms. The average molecular weight is 958 g/mol. The number of thiophene rings is 1. The number of amides is 7. The number of piperazine rings is 1. The molecule has 7 amide bonds. The van der Waals surface area contributed by atoms with E-state index >= 15 is 0 Å². The second-order valence-electron chi connectivity index (χ2n) is 15.7. The van der Waals surface area contributed by atoms with E-state index in [1.807, 2.05) is 35.2 Å². The number of aromatic amines is 1. The fourth-order valence-corrected chi connectivity index (χ4v) is 8.49. The van der Waals surface area contributed by atoms with Gasteiger partial charge in [0.2, 0.25) is 41.4 Å². The van der Waals surface area contributed by atoms with Gasteiger partial charge in [-0.2, -0.15) is 0 Å². The van der Waals surface area contributed by atoms with Gasteiger partial charge in [-0.15, -0.1) is 11.3 Å². The van der Waals surface area contributed by atoms with Gasteiger partial charge in [-0.3, -0.25) is 33.6 Å². The predicted molar refractivity (Wildman–Crippen MR) is 231 cm³/mol. The monoisotopic (exact) mass is 957 g/mol. The molecule has 0 spiro atoms. The Morgan fingerprint density at radius 2 is 1.13 bits per heavy atom. The van der Waals surface area contributed by atoms with Crippen LogP contribution in [0.15, 0.2) is 78.3 Å². The van der Waals surface area contributed by atoms with E-state index in [-0.39, 0.29) is 89.9 Å². The molecular weight excluding hydrogens is 909 g/mol. The Kier molecular flexibility index (Phi) is 20.9. The van der Waals surface area contributed by atoms with Crippen molar-refractivity contribution in [3.8, 4) is 0 Å². The van der Waals surface area contributed by atoms with Crippen molar-refractivity contribution >= 4 is 81.2 Å². The molecule has 4 heterocycles. The molecule has 7 N–H and O–H groups in total. The summed E-state index contributed by atoms with van der Waals surface area (Å²) in [4.78, 5) is 129. The van der Waals surface area contributed by atoms with Gasteiger partial charge in [0.25, 0.3) is 0 Å². The van der Waals surface area contributed by atoms with E-state index in [0.717, 1.165) is 17.0 Å². The van der Waals surface area contributed by atoms with Crippen LogP contribution >= 0.6 is 11.3 Å². The van der Waals surface area contributed by atoms with Crippen LogP contribution < -0.4 is 106 Å². The number of carboxylic acids is 2. The molecule has 0 unspecified atom stereocenters. The summed E-state index contributed by atoms with van der Waals surface area (Å²) >= 11 is 1.06. The zero-order valence-electron chi connectivity index (χ0n) is 37.3. The predicted octanol–water partition coefficient (Wildman–Crippen LogP) is -8.11. The molecule has 4 aromatic rings. The minimum Gasteiger partial charge on any atom is -0.550 e. The Balaban J connectivity index is 0.00000490. The number of nitrogens with one attached hydrogen (secondary N) is 7. The van der Waals surface area contributed by atoms with E-state index in [2.05, 4.69) is 36.9 Å². The molecule has 0 radical (unpaired) electrons. The number of hydrogen-bond donors (Lipinski definition) is 7. The number of carboxylic acid groups (broad SMARTS) is 2. The molecule has 2 saturated heterocycles. The van der Waals surface area contributed by atoms with Crippen LogP contribution in [0.4, 0.5) is 5.69 Å². The van der Waals surface area contributed by atoms with Crippen molar-refractivity contribution in [2.75, 3.05) is 31.1 Å². The minimum atomic E-state index is -1.95. The van der Waals surface area contributed by atoms with E-state index in [0.29, 0.717) is 36.0 Å². The van der Waals surface area contributed by atoms with Gasteiger partial charge < -0.3 is 66.5 Å². The number of benzene rings is 2. The first kappa shape index (κ1) is 54.3. The van der Waals surface area contributed by atoms with Crippen LogP contribution in [-0.2, 0) is 49.6 Å². The Bertz CT molecular complexity index is 2400. The summed E-state index contributed by atoms with van der Waals surface area (Å²) < 4.78 is 0. The minimum absolute atomic E-state index is 0. The van der Waals surface area contributed by atoms with Gasteiger partial charge >= 0.3 is 59.1 Å². The van der Waals surface area contributed by atoms with Crippen molar-refractivity contribution in [2.45, 2.75) is 81.7 Å². The maximum absolute atomic E-state index is 14.3. The van der Waals surface area contributed by atoms with Crippen molar-refractivity contribution in [1.29, 1.82) is 0 Å². The van der Waals surface area contributed by atoms with Crippen LogP contribution in [-0.4, -0.2) is 120 Å². The molecule has 2 fully saturated rings. The number of anilines is 1. The zero-order valence-corrected chi connectivity index (χ0v) is 42.2. The molecule has 6 atom stereocenters. The van der Waals surface area contributed by atoms with E-state index in [9.17, 15) is 53.4 Å². The molecule has 2 aromatic heterocycles. The van der Waals surface area contributed by atoms with Crippen LogP contribution in [0.3, 0.4) is 0 Å². The number of aromatic nitrogens is 1. The molecule has 2 aromatic carbocycles. The van der Waals surface area contributed by atoms with Gasteiger partial charge in [0.15, 0.2) is 0 Å². The van der Waals surface area contributed by atoms with Gasteiger partial charge in [-0.25, -0.2) is 0 Å². The van der Waals surface area contributed by atoms with Crippen molar-refractivity contribution in [3.05, 3.63) is 88.7 Å². The summed E-state index contributed by atoms with van der Waals surface area (Å²) in [6.07, 6.45) is -1.14. The van der Waals surface area contributed by atoms with E-state index in [1.165, 1.54) is 11.0 Å². The third-order valence-corrected chi connectivity index (χ3v) is 12.0. The summed E-state index contributed by atoms with van der Waals surface area (Å²) in [5.41, 5.74) is 2.20. The number of nitrogens with zero attached hydrogens (tertiary/aromatic N) is 2. The molecule has 0 saturated carbocycles. The first-order chi connectivity index (χ1) is 31.2.